The first-order chi connectivity index (χ1) is 28.6. The number of aryl methyl sites for hydroxylation is 2. The lowest BCUT2D eigenvalue weighted by molar-refractivity contribution is 0.0928. The van der Waals surface area contributed by atoms with E-state index < -0.39 is 44.0 Å². The SMILES string of the molecule is CCOC(=O)N1CCN(S(=O)(=O)c2ccc(C(=O)Nc3ccc(-c4ccc(NC(=O)c5ccc(S(=O)(=O)N6CCN(C(=O)OCC)CC6)cc5)c(C)c4)cc3C)cc2)CC1. The zero-order valence-corrected chi connectivity index (χ0v) is 35.5. The fourth-order valence-electron chi connectivity index (χ4n) is 6.86. The van der Waals surface area contributed by atoms with Crippen molar-refractivity contribution < 1.29 is 45.5 Å². The van der Waals surface area contributed by atoms with Gasteiger partial charge in [0.15, 0.2) is 0 Å². The molecule has 4 aromatic rings. The van der Waals surface area contributed by atoms with Crippen molar-refractivity contribution >= 4 is 55.4 Å². The van der Waals surface area contributed by atoms with Crippen molar-refractivity contribution in [2.75, 3.05) is 76.2 Å². The molecule has 0 bridgehead atoms. The van der Waals surface area contributed by atoms with Gasteiger partial charge in [0, 0.05) is 74.9 Å². The van der Waals surface area contributed by atoms with Gasteiger partial charge in [0.25, 0.3) is 11.8 Å². The van der Waals surface area contributed by atoms with Gasteiger partial charge in [-0.05, 0) is 123 Å². The van der Waals surface area contributed by atoms with Crippen LogP contribution in [0.1, 0.15) is 45.7 Å². The highest BCUT2D eigenvalue weighted by molar-refractivity contribution is 7.89. The Hall–Kier alpha value is -5.82. The number of carbonyl (C=O) groups excluding carboxylic acids is 4. The van der Waals surface area contributed by atoms with E-state index in [9.17, 15) is 36.0 Å². The molecule has 0 atom stereocenters. The largest absolute Gasteiger partial charge is 0.450 e. The van der Waals surface area contributed by atoms with Crippen molar-refractivity contribution in [3.63, 3.8) is 0 Å². The number of sulfonamides is 2. The van der Waals surface area contributed by atoms with Crippen LogP contribution in [0.2, 0.25) is 0 Å². The van der Waals surface area contributed by atoms with Crippen molar-refractivity contribution in [3.8, 4) is 11.1 Å². The minimum atomic E-state index is -3.83. The number of piperazine rings is 2. The first-order valence-corrected chi connectivity index (χ1v) is 22.4. The van der Waals surface area contributed by atoms with Gasteiger partial charge in [0.05, 0.1) is 23.0 Å². The van der Waals surface area contributed by atoms with Gasteiger partial charge in [-0.2, -0.15) is 8.61 Å². The van der Waals surface area contributed by atoms with E-state index in [2.05, 4.69) is 10.6 Å². The van der Waals surface area contributed by atoms with Crippen LogP contribution in [0, 0.1) is 13.8 Å². The lowest BCUT2D eigenvalue weighted by atomic mass is 9.99. The number of benzene rings is 4. The zero-order valence-electron chi connectivity index (χ0n) is 33.8. The Kier molecular flexibility index (Phi) is 13.6. The maximum absolute atomic E-state index is 13.3. The molecule has 2 heterocycles. The highest BCUT2D eigenvalue weighted by Gasteiger charge is 2.32. The topological polar surface area (TPSA) is 192 Å². The van der Waals surface area contributed by atoms with Gasteiger partial charge in [0.1, 0.15) is 0 Å². The summed E-state index contributed by atoms with van der Waals surface area (Å²) in [7, 11) is -7.66. The average Bonchev–Trinajstić information content (AvgIpc) is 3.25. The second-order valence-electron chi connectivity index (χ2n) is 14.2. The van der Waals surface area contributed by atoms with Gasteiger partial charge in [0.2, 0.25) is 20.0 Å². The lowest BCUT2D eigenvalue weighted by Gasteiger charge is -2.33. The molecule has 318 valence electrons. The number of nitrogens with one attached hydrogen (secondary N) is 2. The third-order valence-electron chi connectivity index (χ3n) is 10.3. The summed E-state index contributed by atoms with van der Waals surface area (Å²) in [6.07, 6.45) is -0.936. The first-order valence-electron chi connectivity index (χ1n) is 19.5. The Morgan fingerprint density at radius 2 is 0.850 bits per heavy atom. The monoisotopic (exact) mass is 860 g/mol. The maximum Gasteiger partial charge on any atom is 0.409 e. The molecule has 60 heavy (non-hydrogen) atoms. The Bertz CT molecular complexity index is 2290. The molecular formula is C42H48N6O10S2. The van der Waals surface area contributed by atoms with E-state index in [1.165, 1.54) is 66.9 Å². The molecule has 6 rings (SSSR count). The van der Waals surface area contributed by atoms with E-state index in [1.807, 2.05) is 38.1 Å². The van der Waals surface area contributed by atoms with E-state index in [0.29, 0.717) is 11.4 Å². The van der Waals surface area contributed by atoms with Crippen molar-refractivity contribution in [2.45, 2.75) is 37.5 Å². The number of hydrogen-bond donors (Lipinski definition) is 2. The maximum atomic E-state index is 13.3. The normalized spacial score (nSPS) is 15.3. The van der Waals surface area contributed by atoms with Crippen LogP contribution >= 0.6 is 0 Å². The zero-order chi connectivity index (χ0) is 43.2. The quantitative estimate of drug-likeness (QED) is 0.197. The van der Waals surface area contributed by atoms with Gasteiger partial charge in [-0.1, -0.05) is 12.1 Å². The summed E-state index contributed by atoms with van der Waals surface area (Å²) in [5, 5.41) is 5.80. The Labute approximate surface area is 350 Å². The lowest BCUT2D eigenvalue weighted by Crippen LogP contribution is -2.50. The standard InChI is InChI=1S/C42H48N6O10S2/c1-5-57-41(51)45-19-23-47(24-20-45)59(53,54)35-13-7-31(8-14-35)39(49)43-37-17-11-33(27-29(37)3)34-12-18-38(30(4)28-34)44-40(50)32-9-15-36(16-10-32)60(55,56)48-25-21-46(22-26-48)42(52)58-6-2/h7-18,27-28H,5-6,19-26H2,1-4H3,(H,43,49)(H,44,50). The molecule has 16 nitrogen and oxygen atoms in total. The molecule has 0 spiro atoms. The predicted octanol–water partition coefficient (Wildman–Crippen LogP) is 5.40. The molecule has 2 saturated heterocycles. The smallest absolute Gasteiger partial charge is 0.409 e. The molecule has 2 aliphatic rings. The summed E-state index contributed by atoms with van der Waals surface area (Å²) in [4.78, 5) is 53.4. The third kappa shape index (κ3) is 9.79. The number of anilines is 2. The summed E-state index contributed by atoms with van der Waals surface area (Å²) < 4.78 is 65.7. The molecule has 0 aliphatic carbocycles. The molecular weight excluding hydrogens is 813 g/mol. The molecule has 18 heteroatoms. The van der Waals surface area contributed by atoms with Crippen LogP contribution in [-0.4, -0.2) is 125 Å². The number of carbonyl (C=O) groups is 4. The highest BCUT2D eigenvalue weighted by Crippen LogP contribution is 2.29. The van der Waals surface area contributed by atoms with Gasteiger partial charge in [-0.15, -0.1) is 0 Å². The molecule has 4 amide bonds. The second kappa shape index (κ2) is 18.6. The summed E-state index contributed by atoms with van der Waals surface area (Å²) in [5.74, 6) is -0.813. The Morgan fingerprint density at radius 1 is 0.517 bits per heavy atom. The van der Waals surface area contributed by atoms with Crippen molar-refractivity contribution in [3.05, 3.63) is 107 Å². The van der Waals surface area contributed by atoms with E-state index in [-0.39, 0.29) is 86.5 Å². The summed E-state index contributed by atoms with van der Waals surface area (Å²) in [6.45, 7) is 9.04. The molecule has 2 aliphatic heterocycles. The third-order valence-corrected chi connectivity index (χ3v) is 14.1. The minimum Gasteiger partial charge on any atom is -0.450 e. The van der Waals surface area contributed by atoms with Crippen LogP contribution in [0.15, 0.2) is 94.7 Å². The molecule has 0 saturated carbocycles. The fourth-order valence-corrected chi connectivity index (χ4v) is 9.71. The van der Waals surface area contributed by atoms with Gasteiger partial charge in [-0.25, -0.2) is 26.4 Å². The summed E-state index contributed by atoms with van der Waals surface area (Å²) in [6, 6.07) is 22.6. The summed E-state index contributed by atoms with van der Waals surface area (Å²) in [5.41, 5.74) is 5.06. The van der Waals surface area contributed by atoms with Crippen molar-refractivity contribution in [1.82, 2.24) is 18.4 Å². The summed E-state index contributed by atoms with van der Waals surface area (Å²) >= 11 is 0. The van der Waals surface area contributed by atoms with Crippen LogP contribution < -0.4 is 10.6 Å². The number of ether oxygens (including phenoxy) is 2. The van der Waals surface area contributed by atoms with Gasteiger partial charge >= 0.3 is 12.2 Å². The molecule has 0 unspecified atom stereocenters. The Morgan fingerprint density at radius 3 is 1.15 bits per heavy atom. The molecule has 0 aromatic heterocycles. The average molecular weight is 861 g/mol. The van der Waals surface area contributed by atoms with Crippen LogP contribution in [0.5, 0.6) is 0 Å². The van der Waals surface area contributed by atoms with Crippen LogP contribution in [-0.2, 0) is 29.5 Å². The van der Waals surface area contributed by atoms with E-state index in [0.717, 1.165) is 22.3 Å². The minimum absolute atomic E-state index is 0.0493. The fraction of sp³-hybridized carbons (Fsp3) is 0.333. The van der Waals surface area contributed by atoms with Crippen LogP contribution in [0.4, 0.5) is 21.0 Å². The van der Waals surface area contributed by atoms with Crippen LogP contribution in [0.3, 0.4) is 0 Å². The molecule has 0 radical (unpaired) electrons. The van der Waals surface area contributed by atoms with Gasteiger partial charge < -0.3 is 29.9 Å². The Balaban J connectivity index is 1.03. The van der Waals surface area contributed by atoms with Crippen LogP contribution in [0.25, 0.3) is 11.1 Å². The molecule has 2 N–H and O–H groups in total. The second-order valence-corrected chi connectivity index (χ2v) is 18.1. The first kappa shape index (κ1) is 43.8. The van der Waals surface area contributed by atoms with Crippen molar-refractivity contribution in [1.29, 1.82) is 0 Å². The van der Waals surface area contributed by atoms with E-state index in [4.69, 9.17) is 9.47 Å². The number of hydrogen-bond acceptors (Lipinski definition) is 10. The molecule has 2 fully saturated rings. The predicted molar refractivity (Wildman–Crippen MR) is 225 cm³/mol. The highest BCUT2D eigenvalue weighted by atomic mass is 32.2. The molecule has 4 aromatic carbocycles. The number of amides is 4. The van der Waals surface area contributed by atoms with E-state index >= 15 is 0 Å². The van der Waals surface area contributed by atoms with Gasteiger partial charge in [-0.3, -0.25) is 9.59 Å². The van der Waals surface area contributed by atoms with Crippen molar-refractivity contribution in [2.24, 2.45) is 0 Å². The number of nitrogens with zero attached hydrogens (tertiary/aromatic N) is 4. The van der Waals surface area contributed by atoms with E-state index in [1.54, 1.807) is 26.0 Å². The number of rotatable bonds is 11.